The minimum absolute atomic E-state index is 0.107. The number of benzene rings is 2. The van der Waals surface area contributed by atoms with Crippen LogP contribution in [0.2, 0.25) is 0 Å². The van der Waals surface area contributed by atoms with Gasteiger partial charge >= 0.3 is 0 Å². The Labute approximate surface area is 147 Å². The summed E-state index contributed by atoms with van der Waals surface area (Å²) < 4.78 is 1.67. The number of nitrogens with zero attached hydrogens (tertiary/aromatic N) is 1. The van der Waals surface area contributed by atoms with Crippen LogP contribution < -0.4 is 17.0 Å². The molecule has 4 N–H and O–H groups in total. The van der Waals surface area contributed by atoms with Crippen molar-refractivity contribution in [2.45, 2.75) is 6.54 Å². The van der Waals surface area contributed by atoms with Gasteiger partial charge in [-0.1, -0.05) is 48.5 Å². The molecule has 2 aromatic carbocycles. The maximum atomic E-state index is 13.0. The van der Waals surface area contributed by atoms with Crippen LogP contribution in [-0.2, 0) is 6.54 Å². The van der Waals surface area contributed by atoms with Gasteiger partial charge in [-0.3, -0.25) is 14.2 Å². The summed E-state index contributed by atoms with van der Waals surface area (Å²) in [6.45, 7) is 0.402. The second kappa shape index (κ2) is 5.75. The van der Waals surface area contributed by atoms with E-state index in [1.54, 1.807) is 10.6 Å². The highest BCUT2D eigenvalue weighted by Gasteiger charge is 2.20. The molecule has 2 heterocycles. The van der Waals surface area contributed by atoms with E-state index in [1.807, 2.05) is 48.5 Å². The lowest BCUT2D eigenvalue weighted by molar-refractivity contribution is 0.100. The summed E-state index contributed by atoms with van der Waals surface area (Å²) in [6, 6.07) is 17.0. The number of amides is 1. The Balaban J connectivity index is 2.13. The molecule has 0 bridgehead atoms. The first-order chi connectivity index (χ1) is 12.1. The van der Waals surface area contributed by atoms with Gasteiger partial charge in [-0.15, -0.1) is 11.3 Å². The molecule has 0 saturated carbocycles. The monoisotopic (exact) mass is 349 g/mol. The zero-order chi connectivity index (χ0) is 17.6. The van der Waals surface area contributed by atoms with Crippen LogP contribution in [0, 0.1) is 0 Å². The van der Waals surface area contributed by atoms with Gasteiger partial charge in [-0.25, -0.2) is 0 Å². The molecular weight excluding hydrogens is 334 g/mol. The summed E-state index contributed by atoms with van der Waals surface area (Å²) in [5, 5.41) is 2.03. The predicted octanol–water partition coefficient (Wildman–Crippen LogP) is 2.95. The van der Waals surface area contributed by atoms with Crippen LogP contribution in [0.15, 0.2) is 59.4 Å². The zero-order valence-electron chi connectivity index (χ0n) is 13.2. The fourth-order valence-electron chi connectivity index (χ4n) is 3.10. The number of hydrogen-bond donors (Lipinski definition) is 2. The summed E-state index contributed by atoms with van der Waals surface area (Å²) in [5.74, 6) is -0.582. The van der Waals surface area contributed by atoms with E-state index in [-0.39, 0.29) is 10.4 Å². The number of thiophene rings is 1. The number of carbonyl (C=O) groups is 1. The van der Waals surface area contributed by atoms with E-state index >= 15 is 0 Å². The van der Waals surface area contributed by atoms with Crippen molar-refractivity contribution in [3.05, 3.63) is 75.4 Å². The Bertz CT molecular complexity index is 1180. The number of aromatic nitrogens is 1. The predicted molar refractivity (Wildman–Crippen MR) is 102 cm³/mol. The first kappa shape index (κ1) is 15.4. The topological polar surface area (TPSA) is 91.1 Å². The number of nitrogens with two attached hydrogens (primary N) is 2. The Kier molecular flexibility index (Phi) is 3.54. The van der Waals surface area contributed by atoms with Crippen LogP contribution in [0.5, 0.6) is 0 Å². The zero-order valence-corrected chi connectivity index (χ0v) is 14.0. The van der Waals surface area contributed by atoms with E-state index in [4.69, 9.17) is 11.5 Å². The van der Waals surface area contributed by atoms with Crippen LogP contribution >= 0.6 is 11.3 Å². The van der Waals surface area contributed by atoms with Gasteiger partial charge < -0.3 is 11.5 Å². The van der Waals surface area contributed by atoms with Crippen molar-refractivity contribution in [2.24, 2.45) is 5.73 Å². The molecule has 0 spiro atoms. The van der Waals surface area contributed by atoms with Gasteiger partial charge in [0.2, 0.25) is 0 Å². The van der Waals surface area contributed by atoms with Gasteiger partial charge in [0.1, 0.15) is 9.71 Å². The van der Waals surface area contributed by atoms with E-state index < -0.39 is 5.91 Å². The summed E-state index contributed by atoms with van der Waals surface area (Å²) in [4.78, 5) is 25.7. The molecule has 5 nitrogen and oxygen atoms in total. The van der Waals surface area contributed by atoms with Crippen molar-refractivity contribution in [3.8, 4) is 0 Å². The molecule has 4 rings (SSSR count). The molecular formula is C19H15N3O2S. The van der Waals surface area contributed by atoms with E-state index in [1.165, 1.54) is 11.3 Å². The van der Waals surface area contributed by atoms with Gasteiger partial charge in [0.25, 0.3) is 11.5 Å². The summed E-state index contributed by atoms with van der Waals surface area (Å²) >= 11 is 1.17. The molecule has 0 fully saturated rings. The molecule has 25 heavy (non-hydrogen) atoms. The number of primary amides is 1. The van der Waals surface area contributed by atoms with Gasteiger partial charge in [0.05, 0.1) is 12.2 Å². The smallest absolute Gasteiger partial charge is 0.260 e. The van der Waals surface area contributed by atoms with Crippen molar-refractivity contribution >= 4 is 43.9 Å². The number of rotatable bonds is 3. The number of pyridine rings is 1. The summed E-state index contributed by atoms with van der Waals surface area (Å²) in [5.41, 5.74) is 12.9. The lowest BCUT2D eigenvalue weighted by atomic mass is 10.1. The van der Waals surface area contributed by atoms with Crippen LogP contribution in [0.4, 0.5) is 5.69 Å². The molecule has 2 aromatic heterocycles. The Morgan fingerprint density at radius 2 is 1.64 bits per heavy atom. The highest BCUT2D eigenvalue weighted by atomic mass is 32.1. The van der Waals surface area contributed by atoms with Crippen molar-refractivity contribution in [2.75, 3.05) is 5.73 Å². The number of carbonyl (C=O) groups excluding carboxylic acids is 1. The highest BCUT2D eigenvalue weighted by molar-refractivity contribution is 7.21. The second-order valence-corrected chi connectivity index (χ2v) is 6.81. The lowest BCUT2D eigenvalue weighted by Gasteiger charge is -2.10. The molecule has 0 atom stereocenters. The Hall–Kier alpha value is -3.12. The van der Waals surface area contributed by atoms with E-state index in [0.717, 1.165) is 10.9 Å². The lowest BCUT2D eigenvalue weighted by Crippen LogP contribution is -2.20. The van der Waals surface area contributed by atoms with Crippen molar-refractivity contribution in [1.29, 1.82) is 0 Å². The molecule has 0 aliphatic heterocycles. The number of fused-ring (bicyclic) bond motifs is 3. The first-order valence-electron chi connectivity index (χ1n) is 7.75. The number of nitrogen functional groups attached to an aromatic ring is 1. The van der Waals surface area contributed by atoms with E-state index in [2.05, 4.69) is 0 Å². The Morgan fingerprint density at radius 3 is 2.32 bits per heavy atom. The third-order valence-corrected chi connectivity index (χ3v) is 5.49. The molecule has 0 radical (unpaired) electrons. The molecule has 124 valence electrons. The Morgan fingerprint density at radius 1 is 1.00 bits per heavy atom. The molecule has 1 amide bonds. The minimum Gasteiger partial charge on any atom is -0.397 e. The third-order valence-electron chi connectivity index (χ3n) is 4.25. The van der Waals surface area contributed by atoms with Crippen LogP contribution in [0.3, 0.4) is 0 Å². The minimum atomic E-state index is -0.582. The molecule has 4 aromatic rings. The van der Waals surface area contributed by atoms with Crippen LogP contribution in [-0.4, -0.2) is 10.5 Å². The SMILES string of the molecule is NC(=O)c1sc2c(c1N)c1ccccc1c(=O)n2Cc1ccccc1. The molecule has 0 aliphatic rings. The maximum absolute atomic E-state index is 13.0. The van der Waals surface area contributed by atoms with Gasteiger partial charge in [-0.05, 0) is 17.0 Å². The second-order valence-electron chi connectivity index (χ2n) is 5.81. The fraction of sp³-hybridized carbons (Fsp3) is 0.0526. The van der Waals surface area contributed by atoms with Crippen molar-refractivity contribution < 1.29 is 4.79 Å². The molecule has 0 saturated heterocycles. The van der Waals surface area contributed by atoms with Crippen LogP contribution in [0.25, 0.3) is 21.0 Å². The largest absolute Gasteiger partial charge is 0.397 e. The van der Waals surface area contributed by atoms with Gasteiger partial charge in [-0.2, -0.15) is 0 Å². The molecule has 0 aliphatic carbocycles. The summed E-state index contributed by atoms with van der Waals surface area (Å²) in [7, 11) is 0. The number of hydrogen-bond acceptors (Lipinski definition) is 4. The van der Waals surface area contributed by atoms with E-state index in [0.29, 0.717) is 27.8 Å². The average molecular weight is 349 g/mol. The van der Waals surface area contributed by atoms with Gasteiger partial charge in [0, 0.05) is 10.8 Å². The maximum Gasteiger partial charge on any atom is 0.260 e. The molecule has 6 heteroatoms. The molecule has 0 unspecified atom stereocenters. The third kappa shape index (κ3) is 2.38. The van der Waals surface area contributed by atoms with Crippen LogP contribution in [0.1, 0.15) is 15.2 Å². The normalized spacial score (nSPS) is 11.2. The van der Waals surface area contributed by atoms with Crippen molar-refractivity contribution in [3.63, 3.8) is 0 Å². The average Bonchev–Trinajstić information content (AvgIpc) is 2.97. The summed E-state index contributed by atoms with van der Waals surface area (Å²) in [6.07, 6.45) is 0. The first-order valence-corrected chi connectivity index (χ1v) is 8.57. The highest BCUT2D eigenvalue weighted by Crippen LogP contribution is 2.37. The fourth-order valence-corrected chi connectivity index (χ4v) is 4.19. The quantitative estimate of drug-likeness (QED) is 0.596. The standard InChI is InChI=1S/C19H15N3O2S/c20-15-14-12-8-4-5-9-13(12)18(24)22(10-11-6-2-1-3-7-11)19(14)25-16(15)17(21)23/h1-9H,10,20H2,(H2,21,23). The van der Waals surface area contributed by atoms with Crippen molar-refractivity contribution in [1.82, 2.24) is 4.57 Å². The number of anilines is 1. The van der Waals surface area contributed by atoms with E-state index in [9.17, 15) is 9.59 Å². The van der Waals surface area contributed by atoms with Gasteiger partial charge in [0.15, 0.2) is 0 Å².